The minimum atomic E-state index is -0.955. The molecule has 0 fully saturated rings. The molecule has 0 aliphatic carbocycles. The van der Waals surface area contributed by atoms with E-state index in [9.17, 15) is 4.79 Å². The molecule has 1 rings (SSSR count). The highest BCUT2D eigenvalue weighted by Gasteiger charge is 2.08. The van der Waals surface area contributed by atoms with Gasteiger partial charge in [-0.25, -0.2) is 9.78 Å². The number of carboxylic acids is 1. The number of rotatable bonds is 8. The fourth-order valence-electron chi connectivity index (χ4n) is 1.49. The first-order valence-corrected chi connectivity index (χ1v) is 6.18. The van der Waals surface area contributed by atoms with Crippen molar-refractivity contribution in [2.24, 2.45) is 0 Å². The first-order valence-electron chi connectivity index (χ1n) is 6.18. The number of hydrogen-bond acceptors (Lipinski definition) is 5. The van der Waals surface area contributed by atoms with Gasteiger partial charge in [0.2, 0.25) is 0 Å². The largest absolute Gasteiger partial charge is 0.478 e. The summed E-state index contributed by atoms with van der Waals surface area (Å²) in [6.45, 7) is 4.51. The van der Waals surface area contributed by atoms with E-state index in [1.54, 1.807) is 19.1 Å². The molecular formula is C13H21N3O3. The Kier molecular flexibility index (Phi) is 6.24. The van der Waals surface area contributed by atoms with Crippen molar-refractivity contribution in [2.75, 3.05) is 45.7 Å². The highest BCUT2D eigenvalue weighted by atomic mass is 16.5. The molecule has 0 atom stereocenters. The lowest BCUT2D eigenvalue weighted by Gasteiger charge is -2.11. The van der Waals surface area contributed by atoms with E-state index in [0.29, 0.717) is 31.3 Å². The van der Waals surface area contributed by atoms with E-state index in [2.05, 4.69) is 15.2 Å². The molecule has 0 aromatic carbocycles. The minimum Gasteiger partial charge on any atom is -0.478 e. The molecule has 0 saturated carbocycles. The molecule has 19 heavy (non-hydrogen) atoms. The van der Waals surface area contributed by atoms with Crippen molar-refractivity contribution in [3.8, 4) is 0 Å². The zero-order valence-corrected chi connectivity index (χ0v) is 11.6. The monoisotopic (exact) mass is 267 g/mol. The Labute approximate surface area is 113 Å². The zero-order valence-electron chi connectivity index (χ0n) is 11.6. The molecule has 0 aliphatic heterocycles. The van der Waals surface area contributed by atoms with Gasteiger partial charge in [-0.1, -0.05) is 0 Å². The Morgan fingerprint density at radius 3 is 2.74 bits per heavy atom. The Morgan fingerprint density at radius 1 is 1.42 bits per heavy atom. The van der Waals surface area contributed by atoms with Gasteiger partial charge in [0, 0.05) is 13.1 Å². The maximum atomic E-state index is 10.8. The number of aromatic nitrogens is 1. The predicted octanol–water partition coefficient (Wildman–Crippen LogP) is 1.08. The number of anilines is 1. The quantitative estimate of drug-likeness (QED) is 0.686. The summed E-state index contributed by atoms with van der Waals surface area (Å²) in [5, 5.41) is 12.0. The SMILES string of the molecule is Cc1nc(NCCOCCN(C)C)ccc1C(=O)O. The van der Waals surface area contributed by atoms with E-state index >= 15 is 0 Å². The third-order valence-electron chi connectivity index (χ3n) is 2.55. The highest BCUT2D eigenvalue weighted by Crippen LogP contribution is 2.10. The number of carboxylic acid groups (broad SMARTS) is 1. The van der Waals surface area contributed by atoms with Crippen LogP contribution in [0.4, 0.5) is 5.82 Å². The van der Waals surface area contributed by atoms with Crippen LogP contribution in [0.25, 0.3) is 0 Å². The molecule has 2 N–H and O–H groups in total. The summed E-state index contributed by atoms with van der Waals surface area (Å²) in [5.41, 5.74) is 0.735. The average molecular weight is 267 g/mol. The molecule has 106 valence electrons. The van der Waals surface area contributed by atoms with Crippen LogP contribution >= 0.6 is 0 Å². The van der Waals surface area contributed by atoms with Gasteiger partial charge in [0.05, 0.1) is 24.5 Å². The fourth-order valence-corrected chi connectivity index (χ4v) is 1.49. The van der Waals surface area contributed by atoms with Crippen molar-refractivity contribution in [2.45, 2.75) is 6.92 Å². The minimum absolute atomic E-state index is 0.229. The number of likely N-dealkylation sites (N-methyl/N-ethyl adjacent to an activating group) is 1. The average Bonchev–Trinajstić information content (AvgIpc) is 2.32. The van der Waals surface area contributed by atoms with Gasteiger partial charge in [-0.3, -0.25) is 0 Å². The number of hydrogen-bond donors (Lipinski definition) is 2. The van der Waals surface area contributed by atoms with Crippen molar-refractivity contribution in [1.82, 2.24) is 9.88 Å². The smallest absolute Gasteiger partial charge is 0.337 e. The molecule has 6 nitrogen and oxygen atoms in total. The van der Waals surface area contributed by atoms with Gasteiger partial charge in [0.1, 0.15) is 5.82 Å². The van der Waals surface area contributed by atoms with E-state index in [1.807, 2.05) is 14.1 Å². The maximum absolute atomic E-state index is 10.8. The summed E-state index contributed by atoms with van der Waals surface area (Å²) in [6.07, 6.45) is 0. The highest BCUT2D eigenvalue weighted by molar-refractivity contribution is 5.89. The molecule has 6 heteroatoms. The number of ether oxygens (including phenoxy) is 1. The Hall–Kier alpha value is -1.66. The first-order chi connectivity index (χ1) is 9.00. The third-order valence-corrected chi connectivity index (χ3v) is 2.55. The molecule has 0 amide bonds. The van der Waals surface area contributed by atoms with Crippen molar-refractivity contribution in [1.29, 1.82) is 0 Å². The molecule has 0 aliphatic rings. The van der Waals surface area contributed by atoms with Crippen molar-refractivity contribution in [3.05, 3.63) is 23.4 Å². The lowest BCUT2D eigenvalue weighted by atomic mass is 10.2. The van der Waals surface area contributed by atoms with E-state index in [0.717, 1.165) is 6.54 Å². The number of pyridine rings is 1. The van der Waals surface area contributed by atoms with Gasteiger partial charge in [0.15, 0.2) is 0 Å². The number of carbonyl (C=O) groups is 1. The molecule has 0 spiro atoms. The zero-order chi connectivity index (χ0) is 14.3. The van der Waals surface area contributed by atoms with Crippen LogP contribution in [0.15, 0.2) is 12.1 Å². The molecule has 1 heterocycles. The summed E-state index contributed by atoms with van der Waals surface area (Å²) >= 11 is 0. The second kappa shape index (κ2) is 7.70. The van der Waals surface area contributed by atoms with Gasteiger partial charge in [0.25, 0.3) is 0 Å². The molecule has 1 aromatic rings. The maximum Gasteiger partial charge on any atom is 0.337 e. The van der Waals surface area contributed by atoms with E-state index < -0.39 is 5.97 Å². The lowest BCUT2D eigenvalue weighted by molar-refractivity contribution is 0.0695. The Morgan fingerprint density at radius 2 is 2.16 bits per heavy atom. The first kappa shape index (κ1) is 15.4. The van der Waals surface area contributed by atoms with Crippen LogP contribution in [-0.2, 0) is 4.74 Å². The van der Waals surface area contributed by atoms with E-state index in [4.69, 9.17) is 9.84 Å². The van der Waals surface area contributed by atoms with E-state index in [1.165, 1.54) is 0 Å². The standard InChI is InChI=1S/C13H21N3O3/c1-10-11(13(17)18)4-5-12(15-10)14-6-8-19-9-7-16(2)3/h4-5H,6-9H2,1-3H3,(H,14,15)(H,17,18). The topological polar surface area (TPSA) is 74.7 Å². The molecule has 0 saturated heterocycles. The summed E-state index contributed by atoms with van der Waals surface area (Å²) < 4.78 is 5.43. The number of nitrogens with one attached hydrogen (secondary N) is 1. The van der Waals surface area contributed by atoms with Gasteiger partial charge in [-0.2, -0.15) is 0 Å². The molecule has 1 aromatic heterocycles. The molecule has 0 radical (unpaired) electrons. The number of aromatic carboxylic acids is 1. The molecule has 0 unspecified atom stereocenters. The summed E-state index contributed by atoms with van der Waals surface area (Å²) in [6, 6.07) is 3.22. The molecule has 0 bridgehead atoms. The van der Waals surface area contributed by atoms with Gasteiger partial charge in [-0.15, -0.1) is 0 Å². The molecular weight excluding hydrogens is 246 g/mol. The number of aryl methyl sites for hydroxylation is 1. The Balaban J connectivity index is 2.30. The normalized spacial score (nSPS) is 10.7. The van der Waals surface area contributed by atoms with Crippen LogP contribution in [0.2, 0.25) is 0 Å². The van der Waals surface area contributed by atoms with Gasteiger partial charge in [-0.05, 0) is 33.2 Å². The van der Waals surface area contributed by atoms with Crippen LogP contribution in [-0.4, -0.2) is 61.4 Å². The van der Waals surface area contributed by atoms with Crippen molar-refractivity contribution >= 4 is 11.8 Å². The van der Waals surface area contributed by atoms with Gasteiger partial charge < -0.3 is 20.1 Å². The second-order valence-electron chi connectivity index (χ2n) is 4.48. The third kappa shape index (κ3) is 5.67. The van der Waals surface area contributed by atoms with Crippen LogP contribution < -0.4 is 5.32 Å². The fraction of sp³-hybridized carbons (Fsp3) is 0.538. The van der Waals surface area contributed by atoms with E-state index in [-0.39, 0.29) is 5.56 Å². The lowest BCUT2D eigenvalue weighted by Crippen LogP contribution is -2.20. The van der Waals surface area contributed by atoms with Crippen molar-refractivity contribution < 1.29 is 14.6 Å². The van der Waals surface area contributed by atoms with Crippen LogP contribution in [0, 0.1) is 6.92 Å². The summed E-state index contributed by atoms with van der Waals surface area (Å²) in [7, 11) is 4.00. The number of nitrogens with zero attached hydrogens (tertiary/aromatic N) is 2. The van der Waals surface area contributed by atoms with Crippen LogP contribution in [0.3, 0.4) is 0 Å². The van der Waals surface area contributed by atoms with Crippen molar-refractivity contribution in [3.63, 3.8) is 0 Å². The van der Waals surface area contributed by atoms with Crippen LogP contribution in [0.5, 0.6) is 0 Å². The summed E-state index contributed by atoms with van der Waals surface area (Å²) in [4.78, 5) is 17.1. The summed E-state index contributed by atoms with van der Waals surface area (Å²) in [5.74, 6) is -0.290. The van der Waals surface area contributed by atoms with Gasteiger partial charge >= 0.3 is 5.97 Å². The Bertz CT molecular complexity index is 422. The second-order valence-corrected chi connectivity index (χ2v) is 4.48. The van der Waals surface area contributed by atoms with Crippen LogP contribution in [0.1, 0.15) is 16.1 Å². The predicted molar refractivity (Wildman–Crippen MR) is 73.8 cm³/mol.